The molecule has 0 saturated carbocycles. The molecule has 2 aliphatic heterocycles. The lowest BCUT2D eigenvalue weighted by Gasteiger charge is -2.30. The molecule has 0 amide bonds. The molecule has 3 heterocycles. The van der Waals surface area contributed by atoms with Crippen molar-refractivity contribution in [1.82, 2.24) is 4.48 Å². The highest BCUT2D eigenvalue weighted by Crippen LogP contribution is 2.34. The number of aryl methyl sites for hydroxylation is 2. The smallest absolute Gasteiger partial charge is 0.481 e. The lowest BCUT2D eigenvalue weighted by atomic mass is 9.90. The summed E-state index contributed by atoms with van der Waals surface area (Å²) in [7, 11) is 0. The Morgan fingerprint density at radius 2 is 1.85 bits per heavy atom. The second-order valence-corrected chi connectivity index (χ2v) is 7.24. The Morgan fingerprint density at radius 1 is 1.15 bits per heavy atom. The van der Waals surface area contributed by atoms with Gasteiger partial charge in [0.15, 0.2) is 5.70 Å². The number of carboxylic acids is 1. The molecule has 1 N–H and O–H groups in total. The van der Waals surface area contributed by atoms with Gasteiger partial charge in [-0.25, -0.2) is 0 Å². The van der Waals surface area contributed by atoms with Crippen molar-refractivity contribution in [2.45, 2.75) is 58.8 Å². The van der Waals surface area contributed by atoms with E-state index in [4.69, 9.17) is 5.11 Å². The van der Waals surface area contributed by atoms with Crippen molar-refractivity contribution in [1.29, 1.82) is 0 Å². The van der Waals surface area contributed by atoms with E-state index in [1.807, 2.05) is 25.1 Å². The first-order chi connectivity index (χ1) is 12.3. The van der Waals surface area contributed by atoms with E-state index in [-0.39, 0.29) is 6.42 Å². The van der Waals surface area contributed by atoms with Crippen LogP contribution in [0.2, 0.25) is 0 Å². The number of carboxylic acid groups (broad SMARTS) is 1. The van der Waals surface area contributed by atoms with Crippen LogP contribution in [0.3, 0.4) is 0 Å². The van der Waals surface area contributed by atoms with Gasteiger partial charge in [0.05, 0.1) is 0 Å². The average molecular weight is 362 g/mol. The van der Waals surface area contributed by atoms with Gasteiger partial charge in [-0.2, -0.15) is 0 Å². The van der Waals surface area contributed by atoms with E-state index >= 15 is 8.63 Å². The molecule has 2 aliphatic rings. The van der Waals surface area contributed by atoms with Crippen LogP contribution in [-0.4, -0.2) is 32.7 Å². The van der Waals surface area contributed by atoms with Crippen molar-refractivity contribution in [3.05, 3.63) is 40.9 Å². The van der Waals surface area contributed by atoms with Crippen LogP contribution in [0, 0.1) is 13.8 Å². The van der Waals surface area contributed by atoms with E-state index in [1.165, 1.54) is 8.96 Å². The number of hydrogen-bond donors (Lipinski definition) is 1. The van der Waals surface area contributed by atoms with Crippen LogP contribution >= 0.6 is 0 Å². The zero-order chi connectivity index (χ0) is 18.9. The van der Waals surface area contributed by atoms with Crippen molar-refractivity contribution in [3.63, 3.8) is 0 Å². The zero-order valence-electron chi connectivity index (χ0n) is 15.3. The first-order valence-electron chi connectivity index (χ1n) is 9.30. The molecule has 1 aromatic heterocycles. The number of aromatic nitrogens is 1. The Bertz CT molecular complexity index is 822. The second kappa shape index (κ2) is 7.21. The summed E-state index contributed by atoms with van der Waals surface area (Å²) in [5, 5.41) is 8.62. The van der Waals surface area contributed by atoms with Crippen molar-refractivity contribution < 1.29 is 23.0 Å². The zero-order valence-corrected chi connectivity index (χ0v) is 15.3. The maximum atomic E-state index is 15.2. The molecular weight excluding hydrogens is 337 g/mol. The largest absolute Gasteiger partial charge is 0.737 e. The first kappa shape index (κ1) is 18.6. The Labute approximate surface area is 152 Å². The fraction of sp³-hybridized carbons (Fsp3) is 0.474. The lowest BCUT2D eigenvalue weighted by Crippen LogP contribution is -2.50. The molecule has 0 fully saturated rings. The molecule has 0 bridgehead atoms. The van der Waals surface area contributed by atoms with Gasteiger partial charge in [-0.3, -0.25) is 4.79 Å². The molecule has 4 nitrogen and oxygen atoms in total. The third kappa shape index (κ3) is 3.39. The molecule has 0 aromatic carbocycles. The van der Waals surface area contributed by atoms with Crippen LogP contribution in [-0.2, 0) is 4.79 Å². The third-order valence-corrected chi connectivity index (χ3v) is 5.23. The SMILES string of the molecule is Cc1cc(C)n2c1C=C1C=CC(CCCCCCCC(=O)O)=[N+]1[B-]2(F)F. The van der Waals surface area contributed by atoms with Gasteiger partial charge in [0, 0.05) is 36.8 Å². The first-order valence-corrected chi connectivity index (χ1v) is 9.30. The third-order valence-electron chi connectivity index (χ3n) is 5.23. The normalized spacial score (nSPS) is 17.3. The van der Waals surface area contributed by atoms with E-state index in [9.17, 15) is 4.79 Å². The fourth-order valence-electron chi connectivity index (χ4n) is 4.01. The Balaban J connectivity index is 1.67. The summed E-state index contributed by atoms with van der Waals surface area (Å²) in [5.41, 5.74) is 3.30. The number of hydrogen-bond acceptors (Lipinski definition) is 1. The molecule has 0 radical (unpaired) electrons. The topological polar surface area (TPSA) is 45.2 Å². The quantitative estimate of drug-likeness (QED) is 0.546. The summed E-state index contributed by atoms with van der Waals surface area (Å²) in [5.74, 6) is -0.763. The Morgan fingerprint density at radius 3 is 2.58 bits per heavy atom. The van der Waals surface area contributed by atoms with Gasteiger partial charge in [0.1, 0.15) is 5.71 Å². The predicted octanol–water partition coefficient (Wildman–Crippen LogP) is 4.52. The summed E-state index contributed by atoms with van der Waals surface area (Å²) in [4.78, 5) is 10.5. The Hall–Kier alpha value is -2.18. The van der Waals surface area contributed by atoms with Crippen molar-refractivity contribution in [3.8, 4) is 0 Å². The minimum atomic E-state index is -3.87. The van der Waals surface area contributed by atoms with Gasteiger partial charge in [0.2, 0.25) is 0 Å². The highest BCUT2D eigenvalue weighted by atomic mass is 19.2. The minimum absolute atomic E-state index is 0.203. The maximum absolute atomic E-state index is 15.2. The second-order valence-electron chi connectivity index (χ2n) is 7.24. The van der Waals surface area contributed by atoms with Gasteiger partial charge in [0.25, 0.3) is 0 Å². The highest BCUT2D eigenvalue weighted by Gasteiger charge is 2.52. The molecule has 0 spiro atoms. The molecule has 140 valence electrons. The summed E-state index contributed by atoms with van der Waals surface area (Å²) in [6.07, 6.45) is 10.5. The summed E-state index contributed by atoms with van der Waals surface area (Å²) in [6.45, 7) is -0.273. The fourth-order valence-corrected chi connectivity index (χ4v) is 4.01. The monoisotopic (exact) mass is 362 g/mol. The van der Waals surface area contributed by atoms with E-state index in [0.717, 1.165) is 31.2 Å². The van der Waals surface area contributed by atoms with Gasteiger partial charge < -0.3 is 22.7 Å². The number of fused-ring (bicyclic) bond motifs is 2. The number of allylic oxidation sites excluding steroid dienone is 2. The maximum Gasteiger partial charge on any atom is 0.737 e. The van der Waals surface area contributed by atoms with E-state index < -0.39 is 12.9 Å². The number of halogens is 2. The van der Waals surface area contributed by atoms with Crippen molar-refractivity contribution >= 4 is 24.7 Å². The summed E-state index contributed by atoms with van der Waals surface area (Å²) in [6, 6.07) is 1.81. The van der Waals surface area contributed by atoms with Crippen LogP contribution in [0.4, 0.5) is 8.63 Å². The van der Waals surface area contributed by atoms with E-state index in [0.29, 0.717) is 35.6 Å². The number of nitrogens with zero attached hydrogens (tertiary/aromatic N) is 2. The molecule has 0 saturated heterocycles. The molecular formula is C19H25BF2N2O2. The van der Waals surface area contributed by atoms with Gasteiger partial charge in [-0.15, -0.1) is 0 Å². The number of unbranched alkanes of at least 4 members (excludes halogenated alkanes) is 4. The molecule has 1 aromatic rings. The van der Waals surface area contributed by atoms with Gasteiger partial charge in [-0.1, -0.05) is 19.3 Å². The average Bonchev–Trinajstić information content (AvgIpc) is 3.08. The molecule has 7 heteroatoms. The van der Waals surface area contributed by atoms with Crippen LogP contribution < -0.4 is 0 Å². The molecule has 3 rings (SSSR count). The predicted molar refractivity (Wildman–Crippen MR) is 99.6 cm³/mol. The van der Waals surface area contributed by atoms with Crippen LogP contribution in [0.15, 0.2) is 23.9 Å². The van der Waals surface area contributed by atoms with Crippen LogP contribution in [0.5, 0.6) is 0 Å². The summed E-state index contributed by atoms with van der Waals surface area (Å²) >= 11 is 0. The number of carbonyl (C=O) groups is 1. The molecule has 0 atom stereocenters. The highest BCUT2D eigenvalue weighted by molar-refractivity contribution is 6.58. The van der Waals surface area contributed by atoms with Crippen LogP contribution in [0.1, 0.15) is 61.9 Å². The van der Waals surface area contributed by atoms with Gasteiger partial charge in [-0.05, 0) is 44.0 Å². The van der Waals surface area contributed by atoms with Gasteiger partial charge >= 0.3 is 12.9 Å². The van der Waals surface area contributed by atoms with E-state index in [2.05, 4.69) is 0 Å². The number of rotatable bonds is 8. The van der Waals surface area contributed by atoms with Crippen molar-refractivity contribution in [2.75, 3.05) is 0 Å². The minimum Gasteiger partial charge on any atom is -0.481 e. The van der Waals surface area contributed by atoms with Crippen molar-refractivity contribution in [2.24, 2.45) is 0 Å². The molecule has 26 heavy (non-hydrogen) atoms. The lowest BCUT2D eigenvalue weighted by molar-refractivity contribution is -0.362. The molecule has 0 aliphatic carbocycles. The Kier molecular flexibility index (Phi) is 5.16. The van der Waals surface area contributed by atoms with Crippen LogP contribution in [0.25, 0.3) is 6.08 Å². The standard InChI is InChI=1S/C19H25BF2N2O2/c1-14-12-15(2)23-18(14)13-17-11-10-16(24(17)20(23,21)22)8-6-4-3-5-7-9-19(25)26/h10-13H,3-9H2,1-2H3,(H,25,26). The summed E-state index contributed by atoms with van der Waals surface area (Å²) < 4.78 is 32.8. The number of aliphatic carboxylic acids is 1. The van der Waals surface area contributed by atoms with E-state index in [1.54, 1.807) is 13.0 Å². The molecule has 0 unspecified atom stereocenters.